The fourth-order valence-electron chi connectivity index (χ4n) is 2.93. The average Bonchev–Trinajstić information content (AvgIpc) is 2.66. The highest BCUT2D eigenvalue weighted by atomic mass is 19.1. The lowest BCUT2D eigenvalue weighted by Gasteiger charge is -2.35. The van der Waals surface area contributed by atoms with Gasteiger partial charge in [0.1, 0.15) is 11.6 Å². The van der Waals surface area contributed by atoms with Crippen molar-refractivity contribution in [2.75, 3.05) is 42.9 Å². The van der Waals surface area contributed by atoms with Gasteiger partial charge in [-0.2, -0.15) is 5.10 Å². The molecule has 1 aliphatic heterocycles. The van der Waals surface area contributed by atoms with E-state index >= 15 is 0 Å². The van der Waals surface area contributed by atoms with Crippen molar-refractivity contribution in [1.29, 1.82) is 0 Å². The number of amides is 1. The van der Waals surface area contributed by atoms with Crippen molar-refractivity contribution in [2.24, 2.45) is 7.05 Å². The number of rotatable bonds is 5. The molecular weight excluding hydrogens is 356 g/mol. The van der Waals surface area contributed by atoms with Crippen molar-refractivity contribution in [2.45, 2.75) is 6.42 Å². The summed E-state index contributed by atoms with van der Waals surface area (Å²) < 4.78 is 28.0. The minimum absolute atomic E-state index is 0.150. The molecule has 7 nitrogen and oxygen atoms in total. The van der Waals surface area contributed by atoms with E-state index in [1.807, 2.05) is 0 Å². The minimum atomic E-state index is -0.666. The summed E-state index contributed by atoms with van der Waals surface area (Å²) in [7, 11) is 1.60. The first-order valence-electron chi connectivity index (χ1n) is 8.68. The molecule has 9 heteroatoms. The van der Waals surface area contributed by atoms with Crippen LogP contribution in [0.3, 0.4) is 0 Å². The summed E-state index contributed by atoms with van der Waals surface area (Å²) in [6.07, 6.45) is 1.85. The lowest BCUT2D eigenvalue weighted by molar-refractivity contribution is -0.116. The van der Waals surface area contributed by atoms with E-state index < -0.39 is 11.6 Å². The van der Waals surface area contributed by atoms with Crippen LogP contribution in [0.15, 0.2) is 35.3 Å². The molecule has 0 saturated carbocycles. The Hall–Kier alpha value is -2.81. The minimum Gasteiger partial charge on any atom is -0.368 e. The molecule has 1 aromatic heterocycles. The summed E-state index contributed by atoms with van der Waals surface area (Å²) in [5.74, 6) is -1.63. The molecule has 2 heterocycles. The van der Waals surface area contributed by atoms with Gasteiger partial charge >= 0.3 is 0 Å². The van der Waals surface area contributed by atoms with Crippen LogP contribution in [0.2, 0.25) is 0 Å². The predicted molar refractivity (Wildman–Crippen MR) is 97.7 cm³/mol. The van der Waals surface area contributed by atoms with E-state index in [4.69, 9.17) is 0 Å². The first-order chi connectivity index (χ1) is 12.9. The number of hydrogen-bond acceptors (Lipinski definition) is 5. The van der Waals surface area contributed by atoms with Crippen LogP contribution in [0.4, 0.5) is 20.2 Å². The zero-order chi connectivity index (χ0) is 19.4. The third kappa shape index (κ3) is 4.88. The van der Waals surface area contributed by atoms with Crippen molar-refractivity contribution in [1.82, 2.24) is 14.7 Å². The van der Waals surface area contributed by atoms with E-state index in [0.717, 1.165) is 50.1 Å². The van der Waals surface area contributed by atoms with E-state index in [1.54, 1.807) is 19.3 Å². The van der Waals surface area contributed by atoms with Gasteiger partial charge in [-0.3, -0.25) is 14.5 Å². The summed E-state index contributed by atoms with van der Waals surface area (Å²) in [6.45, 7) is 3.42. The lowest BCUT2D eigenvalue weighted by Crippen LogP contribution is -2.47. The van der Waals surface area contributed by atoms with Crippen LogP contribution < -0.4 is 15.8 Å². The summed E-state index contributed by atoms with van der Waals surface area (Å²) >= 11 is 0. The third-order valence-electron chi connectivity index (χ3n) is 4.55. The van der Waals surface area contributed by atoms with Crippen molar-refractivity contribution in [3.05, 3.63) is 52.5 Å². The molecule has 1 fully saturated rings. The van der Waals surface area contributed by atoms with Gasteiger partial charge in [0.25, 0.3) is 5.56 Å². The summed E-state index contributed by atoms with van der Waals surface area (Å²) in [5.41, 5.74) is 0.483. The molecule has 3 rings (SSSR count). The molecule has 0 radical (unpaired) electrons. The molecule has 1 aliphatic rings. The highest BCUT2D eigenvalue weighted by Crippen LogP contribution is 2.16. The molecular formula is C18H21F2N5O2. The van der Waals surface area contributed by atoms with Gasteiger partial charge in [-0.1, -0.05) is 0 Å². The maximum atomic E-state index is 13.6. The molecule has 0 unspecified atom stereocenters. The van der Waals surface area contributed by atoms with Gasteiger partial charge in [-0.15, -0.1) is 0 Å². The summed E-state index contributed by atoms with van der Waals surface area (Å²) in [5, 5.41) is 6.42. The monoisotopic (exact) mass is 377 g/mol. The van der Waals surface area contributed by atoms with Crippen molar-refractivity contribution >= 4 is 17.3 Å². The Labute approximate surface area is 155 Å². The number of halogens is 2. The number of aromatic nitrogens is 2. The standard InChI is InChI=1S/C18H21F2N5O2/c1-23-18(27)11-14(12-21-23)25-8-6-24(7-9-25)5-4-17(26)22-16-10-13(19)2-3-15(16)20/h2-3,10-12H,4-9H2,1H3,(H,22,26). The highest BCUT2D eigenvalue weighted by molar-refractivity contribution is 5.90. The molecule has 1 N–H and O–H groups in total. The molecule has 27 heavy (non-hydrogen) atoms. The summed E-state index contributed by atoms with van der Waals surface area (Å²) in [6, 6.07) is 4.51. The molecule has 1 saturated heterocycles. The van der Waals surface area contributed by atoms with Crippen molar-refractivity contribution < 1.29 is 13.6 Å². The zero-order valence-electron chi connectivity index (χ0n) is 15.0. The van der Waals surface area contributed by atoms with Crippen LogP contribution in [-0.4, -0.2) is 53.3 Å². The van der Waals surface area contributed by atoms with Crippen LogP contribution in [-0.2, 0) is 11.8 Å². The van der Waals surface area contributed by atoms with Gasteiger partial charge in [0.15, 0.2) is 0 Å². The second-order valence-electron chi connectivity index (χ2n) is 6.43. The summed E-state index contributed by atoms with van der Waals surface area (Å²) in [4.78, 5) is 27.9. The van der Waals surface area contributed by atoms with Crippen LogP contribution in [0.1, 0.15) is 6.42 Å². The predicted octanol–water partition coefficient (Wildman–Crippen LogP) is 1.21. The van der Waals surface area contributed by atoms with Gasteiger partial charge in [0, 0.05) is 58.3 Å². The maximum absolute atomic E-state index is 13.6. The molecule has 0 spiro atoms. The second kappa shape index (κ2) is 8.26. The van der Waals surface area contributed by atoms with Gasteiger partial charge in [-0.25, -0.2) is 13.5 Å². The van der Waals surface area contributed by atoms with E-state index in [2.05, 4.69) is 20.2 Å². The van der Waals surface area contributed by atoms with Crippen LogP contribution in [0.25, 0.3) is 0 Å². The number of carbonyl (C=O) groups excluding carboxylic acids is 1. The first-order valence-corrected chi connectivity index (χ1v) is 8.68. The van der Waals surface area contributed by atoms with E-state index in [1.165, 1.54) is 4.68 Å². The number of hydrogen-bond donors (Lipinski definition) is 1. The van der Waals surface area contributed by atoms with Gasteiger partial charge in [-0.05, 0) is 12.1 Å². The molecule has 1 amide bonds. The zero-order valence-corrected chi connectivity index (χ0v) is 15.0. The Morgan fingerprint density at radius 3 is 2.63 bits per heavy atom. The number of benzene rings is 1. The molecule has 0 aliphatic carbocycles. The molecule has 144 valence electrons. The van der Waals surface area contributed by atoms with Gasteiger partial charge in [0.05, 0.1) is 17.6 Å². The number of aryl methyl sites for hydroxylation is 1. The second-order valence-corrected chi connectivity index (χ2v) is 6.43. The number of nitrogens with one attached hydrogen (secondary N) is 1. The quantitative estimate of drug-likeness (QED) is 0.848. The topological polar surface area (TPSA) is 70.5 Å². The van der Waals surface area contributed by atoms with Gasteiger partial charge < -0.3 is 10.2 Å². The number of anilines is 2. The first kappa shape index (κ1) is 19.0. The Bertz CT molecular complexity index is 878. The molecule has 2 aromatic rings. The maximum Gasteiger partial charge on any atom is 0.268 e. The smallest absolute Gasteiger partial charge is 0.268 e. The Balaban J connectivity index is 1.46. The van der Waals surface area contributed by atoms with Crippen LogP contribution in [0, 0.1) is 11.6 Å². The molecule has 1 aromatic carbocycles. The fraction of sp³-hybridized carbons (Fsp3) is 0.389. The normalized spacial score (nSPS) is 15.0. The van der Waals surface area contributed by atoms with Crippen LogP contribution in [0.5, 0.6) is 0 Å². The number of carbonyl (C=O) groups is 1. The third-order valence-corrected chi connectivity index (χ3v) is 4.55. The van der Waals surface area contributed by atoms with E-state index in [9.17, 15) is 18.4 Å². The highest BCUT2D eigenvalue weighted by Gasteiger charge is 2.19. The Kier molecular flexibility index (Phi) is 5.80. The Morgan fingerprint density at radius 1 is 1.19 bits per heavy atom. The van der Waals surface area contributed by atoms with Crippen molar-refractivity contribution in [3.63, 3.8) is 0 Å². The van der Waals surface area contributed by atoms with E-state index in [-0.39, 0.29) is 23.6 Å². The number of nitrogens with zero attached hydrogens (tertiary/aromatic N) is 4. The average molecular weight is 377 g/mol. The van der Waals surface area contributed by atoms with E-state index in [0.29, 0.717) is 6.54 Å². The lowest BCUT2D eigenvalue weighted by atomic mass is 10.2. The molecule has 0 atom stereocenters. The van der Waals surface area contributed by atoms with Crippen LogP contribution >= 0.6 is 0 Å². The number of piperazine rings is 1. The SMILES string of the molecule is Cn1ncc(N2CCN(CCC(=O)Nc3cc(F)ccc3F)CC2)cc1=O. The fourth-order valence-corrected chi connectivity index (χ4v) is 2.93. The Morgan fingerprint density at radius 2 is 1.93 bits per heavy atom. The molecule has 0 bridgehead atoms. The largest absolute Gasteiger partial charge is 0.368 e. The van der Waals surface area contributed by atoms with Crippen molar-refractivity contribution in [3.8, 4) is 0 Å². The van der Waals surface area contributed by atoms with Gasteiger partial charge in [0.2, 0.25) is 5.91 Å².